The van der Waals surface area contributed by atoms with Gasteiger partial charge in [-0.25, -0.2) is 17.9 Å². The summed E-state index contributed by atoms with van der Waals surface area (Å²) < 4.78 is 27.5. The zero-order valence-electron chi connectivity index (χ0n) is 11.8. The van der Waals surface area contributed by atoms with Gasteiger partial charge < -0.3 is 9.97 Å². The van der Waals surface area contributed by atoms with Crippen molar-refractivity contribution in [1.29, 1.82) is 0 Å². The fraction of sp³-hybridized carbons (Fsp3) is 0.133. The van der Waals surface area contributed by atoms with E-state index >= 15 is 0 Å². The fourth-order valence-corrected chi connectivity index (χ4v) is 3.55. The molecule has 3 aromatic rings. The monoisotopic (exact) mass is 317 g/mol. The van der Waals surface area contributed by atoms with Crippen molar-refractivity contribution in [2.24, 2.45) is 0 Å². The van der Waals surface area contributed by atoms with Crippen LogP contribution in [0.4, 0.5) is 0 Å². The highest BCUT2D eigenvalue weighted by molar-refractivity contribution is 7.89. The molecule has 7 heteroatoms. The predicted molar refractivity (Wildman–Crippen MR) is 84.1 cm³/mol. The molecule has 1 aromatic heterocycles. The van der Waals surface area contributed by atoms with Gasteiger partial charge in [-0.15, -0.1) is 0 Å². The lowest BCUT2D eigenvalue weighted by Crippen LogP contribution is -2.26. The smallest absolute Gasteiger partial charge is 0.306 e. The molecule has 0 unspecified atom stereocenters. The van der Waals surface area contributed by atoms with Gasteiger partial charge in [0.15, 0.2) is 0 Å². The Morgan fingerprint density at radius 2 is 1.68 bits per heavy atom. The number of nitrogens with one attached hydrogen (secondary N) is 3. The molecule has 0 spiro atoms. The molecule has 3 rings (SSSR count). The van der Waals surface area contributed by atoms with Crippen molar-refractivity contribution in [3.63, 3.8) is 0 Å². The van der Waals surface area contributed by atoms with E-state index < -0.39 is 10.0 Å². The van der Waals surface area contributed by atoms with Crippen LogP contribution < -0.4 is 10.4 Å². The molecule has 0 aliphatic carbocycles. The fourth-order valence-electron chi connectivity index (χ4n) is 2.29. The molecule has 0 radical (unpaired) electrons. The van der Waals surface area contributed by atoms with E-state index in [0.29, 0.717) is 11.0 Å². The van der Waals surface area contributed by atoms with Crippen LogP contribution in [0.1, 0.15) is 18.5 Å². The van der Waals surface area contributed by atoms with Gasteiger partial charge in [-0.3, -0.25) is 0 Å². The number of hydrogen-bond acceptors (Lipinski definition) is 3. The Bertz CT molecular complexity index is 958. The lowest BCUT2D eigenvalue weighted by atomic mass is 10.1. The Morgan fingerprint density at radius 3 is 2.41 bits per heavy atom. The van der Waals surface area contributed by atoms with Crippen LogP contribution in [0.25, 0.3) is 11.0 Å². The first-order valence-electron chi connectivity index (χ1n) is 6.75. The van der Waals surface area contributed by atoms with Crippen LogP contribution in [-0.4, -0.2) is 18.4 Å². The Hall–Kier alpha value is -2.38. The lowest BCUT2D eigenvalue weighted by molar-refractivity contribution is 0.567. The van der Waals surface area contributed by atoms with Crippen LogP contribution in [0, 0.1) is 0 Å². The Morgan fingerprint density at radius 1 is 1.00 bits per heavy atom. The average Bonchev–Trinajstić information content (AvgIpc) is 2.86. The van der Waals surface area contributed by atoms with Gasteiger partial charge in [-0.05, 0) is 30.7 Å². The van der Waals surface area contributed by atoms with Crippen molar-refractivity contribution in [2.45, 2.75) is 17.9 Å². The molecule has 22 heavy (non-hydrogen) atoms. The maximum atomic E-state index is 12.5. The van der Waals surface area contributed by atoms with E-state index in [2.05, 4.69) is 14.7 Å². The number of hydrogen-bond donors (Lipinski definition) is 3. The van der Waals surface area contributed by atoms with Crippen LogP contribution >= 0.6 is 0 Å². The largest absolute Gasteiger partial charge is 0.323 e. The number of sulfonamides is 1. The van der Waals surface area contributed by atoms with E-state index in [1.54, 1.807) is 13.0 Å². The number of H-pyrrole nitrogens is 2. The second-order valence-corrected chi connectivity index (χ2v) is 6.75. The lowest BCUT2D eigenvalue weighted by Gasteiger charge is -2.14. The Balaban J connectivity index is 1.92. The van der Waals surface area contributed by atoms with Crippen LogP contribution in [0.15, 0.2) is 58.2 Å². The number of benzene rings is 2. The van der Waals surface area contributed by atoms with E-state index in [0.717, 1.165) is 5.56 Å². The van der Waals surface area contributed by atoms with E-state index in [4.69, 9.17) is 0 Å². The summed E-state index contributed by atoms with van der Waals surface area (Å²) in [5.74, 6) is 0. The predicted octanol–water partition coefficient (Wildman–Crippen LogP) is 1.90. The second kappa shape index (κ2) is 5.43. The molecule has 0 fully saturated rings. The summed E-state index contributed by atoms with van der Waals surface area (Å²) in [5.41, 5.74) is 1.54. The van der Waals surface area contributed by atoms with E-state index in [1.807, 2.05) is 30.3 Å². The summed E-state index contributed by atoms with van der Waals surface area (Å²) >= 11 is 0. The van der Waals surface area contributed by atoms with Gasteiger partial charge in [0.2, 0.25) is 10.0 Å². The third kappa shape index (κ3) is 2.81. The number of aromatic nitrogens is 2. The van der Waals surface area contributed by atoms with Crippen molar-refractivity contribution in [3.8, 4) is 0 Å². The zero-order valence-corrected chi connectivity index (χ0v) is 12.6. The molecule has 0 saturated carbocycles. The summed E-state index contributed by atoms with van der Waals surface area (Å²) in [6.45, 7) is 1.78. The maximum absolute atomic E-state index is 12.5. The number of imidazole rings is 1. The van der Waals surface area contributed by atoms with Crippen molar-refractivity contribution in [3.05, 3.63) is 64.6 Å². The molecule has 0 aliphatic rings. The van der Waals surface area contributed by atoms with Crippen LogP contribution in [0.2, 0.25) is 0 Å². The number of aromatic amines is 2. The standard InChI is InChI=1S/C15H15N3O3S/c1-10(11-5-3-2-4-6-11)18-22(20,21)12-7-8-13-14(9-12)17-15(19)16-13/h2-10,18H,1H3,(H2,16,17,19)/t10-/m0/s1. The SMILES string of the molecule is C[C@H](NS(=O)(=O)c1ccc2[nH]c(=O)[nH]c2c1)c1ccccc1. The summed E-state index contributed by atoms with van der Waals surface area (Å²) in [5, 5.41) is 0. The first kappa shape index (κ1) is 14.6. The van der Waals surface area contributed by atoms with Crippen LogP contribution in [0.5, 0.6) is 0 Å². The molecule has 0 aliphatic heterocycles. The topological polar surface area (TPSA) is 94.8 Å². The summed E-state index contributed by atoms with van der Waals surface area (Å²) in [6, 6.07) is 13.4. The van der Waals surface area contributed by atoms with Crippen molar-refractivity contribution < 1.29 is 8.42 Å². The van der Waals surface area contributed by atoms with Gasteiger partial charge >= 0.3 is 5.69 Å². The minimum atomic E-state index is -3.68. The highest BCUT2D eigenvalue weighted by atomic mass is 32.2. The molecular formula is C15H15N3O3S. The van der Waals surface area contributed by atoms with Gasteiger partial charge in [-0.1, -0.05) is 30.3 Å². The molecule has 0 bridgehead atoms. The third-order valence-electron chi connectivity index (χ3n) is 3.43. The first-order chi connectivity index (χ1) is 10.5. The minimum absolute atomic E-state index is 0.109. The van der Waals surface area contributed by atoms with Gasteiger partial charge in [0, 0.05) is 6.04 Å². The van der Waals surface area contributed by atoms with Gasteiger partial charge in [-0.2, -0.15) is 0 Å². The van der Waals surface area contributed by atoms with Gasteiger partial charge in [0.25, 0.3) is 0 Å². The molecule has 114 valence electrons. The first-order valence-corrected chi connectivity index (χ1v) is 8.23. The molecule has 6 nitrogen and oxygen atoms in total. The minimum Gasteiger partial charge on any atom is -0.306 e. The van der Waals surface area contributed by atoms with E-state index in [1.165, 1.54) is 12.1 Å². The van der Waals surface area contributed by atoms with Crippen LogP contribution in [0.3, 0.4) is 0 Å². The molecule has 3 N–H and O–H groups in total. The third-order valence-corrected chi connectivity index (χ3v) is 4.97. The van der Waals surface area contributed by atoms with E-state index in [9.17, 15) is 13.2 Å². The van der Waals surface area contributed by atoms with Gasteiger partial charge in [0.1, 0.15) is 0 Å². The molecule has 0 saturated heterocycles. The Labute approximate surface area is 127 Å². The average molecular weight is 317 g/mol. The Kier molecular flexibility index (Phi) is 3.59. The van der Waals surface area contributed by atoms with Crippen molar-refractivity contribution in [1.82, 2.24) is 14.7 Å². The molecular weight excluding hydrogens is 302 g/mol. The molecule has 0 amide bonds. The molecule has 1 atom stereocenters. The second-order valence-electron chi connectivity index (χ2n) is 5.04. The maximum Gasteiger partial charge on any atom is 0.323 e. The van der Waals surface area contributed by atoms with Crippen molar-refractivity contribution >= 4 is 21.1 Å². The highest BCUT2D eigenvalue weighted by Crippen LogP contribution is 2.19. The molecule has 1 heterocycles. The van der Waals surface area contributed by atoms with Crippen LogP contribution in [-0.2, 0) is 10.0 Å². The van der Waals surface area contributed by atoms with E-state index in [-0.39, 0.29) is 16.6 Å². The normalized spacial score (nSPS) is 13.3. The number of rotatable bonds is 4. The zero-order chi connectivity index (χ0) is 15.7. The molecule has 2 aromatic carbocycles. The summed E-state index contributed by atoms with van der Waals surface area (Å²) in [6.07, 6.45) is 0. The summed E-state index contributed by atoms with van der Waals surface area (Å²) in [4.78, 5) is 16.5. The summed E-state index contributed by atoms with van der Waals surface area (Å²) in [7, 11) is -3.68. The highest BCUT2D eigenvalue weighted by Gasteiger charge is 2.19. The van der Waals surface area contributed by atoms with Gasteiger partial charge in [0.05, 0.1) is 15.9 Å². The quantitative estimate of drug-likeness (QED) is 0.686. The number of fused-ring (bicyclic) bond motifs is 1. The van der Waals surface area contributed by atoms with Crippen molar-refractivity contribution in [2.75, 3.05) is 0 Å².